The van der Waals surface area contributed by atoms with Gasteiger partial charge in [-0.3, -0.25) is 28.8 Å². The van der Waals surface area contributed by atoms with E-state index in [0.29, 0.717) is 35.8 Å². The van der Waals surface area contributed by atoms with Gasteiger partial charge in [0.1, 0.15) is 28.1 Å². The largest absolute Gasteiger partial charge is 0.490 e. The van der Waals surface area contributed by atoms with Crippen LogP contribution in [0.4, 0.5) is 4.39 Å². The van der Waals surface area contributed by atoms with E-state index in [1.165, 1.54) is 56.3 Å². The highest BCUT2D eigenvalue weighted by Gasteiger charge is 2.28. The van der Waals surface area contributed by atoms with Crippen molar-refractivity contribution in [3.05, 3.63) is 95.3 Å². The Morgan fingerprint density at radius 2 is 1.15 bits per heavy atom. The molecular weight excluding hydrogens is 995 g/mol. The number of nitriles is 1. The average Bonchev–Trinajstić information content (AvgIpc) is 3.72. The summed E-state index contributed by atoms with van der Waals surface area (Å²) in [5.41, 5.74) is -0.0533. The lowest BCUT2D eigenvalue weighted by atomic mass is 10.2. The predicted octanol–water partition coefficient (Wildman–Crippen LogP) is 6.29. The van der Waals surface area contributed by atoms with Crippen LogP contribution >= 0.6 is 18.9 Å². The summed E-state index contributed by atoms with van der Waals surface area (Å²) in [5, 5.41) is 14.8. The molecule has 21 nitrogen and oxygen atoms in total. The molecule has 2 amide bonds. The highest BCUT2D eigenvalue weighted by molar-refractivity contribution is 7.92. The summed E-state index contributed by atoms with van der Waals surface area (Å²) in [6.07, 6.45) is 0.630. The molecular formula is C46H46FN4O17PS2. The Hall–Kier alpha value is -7.42. The van der Waals surface area contributed by atoms with E-state index in [1.54, 1.807) is 18.2 Å². The maximum atomic E-state index is 14.1. The minimum atomic E-state index is -4.72. The first-order chi connectivity index (χ1) is 33.6. The zero-order valence-corrected chi connectivity index (χ0v) is 40.9. The fourth-order valence-corrected chi connectivity index (χ4v) is 10.1. The maximum Gasteiger partial charge on any atom is 0.391 e. The van der Waals surface area contributed by atoms with Crippen molar-refractivity contribution < 1.29 is 84.0 Å². The number of rotatable bonds is 24. The minimum absolute atomic E-state index is 0.0371. The summed E-state index contributed by atoms with van der Waals surface area (Å²) in [7, 11) is -9.14. The van der Waals surface area contributed by atoms with Crippen LogP contribution in [0, 0.1) is 17.1 Å². The summed E-state index contributed by atoms with van der Waals surface area (Å²) in [6.45, 7) is 5.29. The summed E-state index contributed by atoms with van der Waals surface area (Å²) < 4.78 is 93.2. The molecule has 0 bridgehead atoms. The number of fused-ring (bicyclic) bond motifs is 1. The number of benzene rings is 4. The Balaban J connectivity index is 1.22. The van der Waals surface area contributed by atoms with Gasteiger partial charge in [0.15, 0.2) is 34.5 Å². The Kier molecular flexibility index (Phi) is 19.1. The second-order valence-electron chi connectivity index (χ2n) is 15.0. The summed E-state index contributed by atoms with van der Waals surface area (Å²) in [6, 6.07) is 16.9. The van der Waals surface area contributed by atoms with Gasteiger partial charge in [0.2, 0.25) is 0 Å². The third-order valence-corrected chi connectivity index (χ3v) is 13.5. The molecule has 0 saturated carbocycles. The van der Waals surface area contributed by atoms with Gasteiger partial charge in [-0.2, -0.15) is 9.98 Å². The minimum Gasteiger partial charge on any atom is -0.490 e. The quantitative estimate of drug-likeness (QED) is 0.0228. The van der Waals surface area contributed by atoms with Gasteiger partial charge >= 0.3 is 31.5 Å². The van der Waals surface area contributed by atoms with Crippen LogP contribution in [0.5, 0.6) is 40.2 Å². The van der Waals surface area contributed by atoms with E-state index in [4.69, 9.17) is 38.2 Å². The van der Waals surface area contributed by atoms with Gasteiger partial charge in [-0.1, -0.05) is 0 Å². The van der Waals surface area contributed by atoms with Crippen LogP contribution in [0.3, 0.4) is 0 Å². The molecule has 0 aliphatic rings. The van der Waals surface area contributed by atoms with Crippen LogP contribution in [0.25, 0.3) is 10.1 Å². The number of hydrogen-bond donors (Lipinski definition) is 4. The van der Waals surface area contributed by atoms with Crippen LogP contribution in [0.15, 0.2) is 77.0 Å². The number of esters is 4. The third kappa shape index (κ3) is 16.6. The Morgan fingerprint density at radius 1 is 0.662 bits per heavy atom. The molecule has 5 rings (SSSR count). The van der Waals surface area contributed by atoms with Crippen molar-refractivity contribution in [1.29, 1.82) is 5.26 Å². The zero-order chi connectivity index (χ0) is 51.9. The number of ether oxygens (including phenoxy) is 6. The van der Waals surface area contributed by atoms with Crippen molar-refractivity contribution in [2.45, 2.75) is 57.6 Å². The van der Waals surface area contributed by atoms with Gasteiger partial charge in [0.25, 0.3) is 21.8 Å². The number of amides is 2. The number of unbranched alkanes of at least 4 members (excludes halogenated alkanes) is 2. The molecule has 0 aliphatic carbocycles. The second kappa shape index (κ2) is 24.9. The molecule has 71 heavy (non-hydrogen) atoms. The number of halogens is 1. The maximum absolute atomic E-state index is 14.1. The monoisotopic (exact) mass is 1040 g/mol. The first kappa shape index (κ1) is 54.5. The van der Waals surface area contributed by atoms with Crippen LogP contribution < -0.4 is 48.3 Å². The van der Waals surface area contributed by atoms with E-state index in [1.807, 2.05) is 4.72 Å². The van der Waals surface area contributed by atoms with Crippen molar-refractivity contribution in [2.24, 2.45) is 0 Å². The summed E-state index contributed by atoms with van der Waals surface area (Å²) in [4.78, 5) is 82.3. The van der Waals surface area contributed by atoms with E-state index in [0.717, 1.165) is 43.4 Å². The number of nitrogens with one attached hydrogen (secondary N) is 3. The normalized spacial score (nSPS) is 11.8. The molecule has 376 valence electrons. The van der Waals surface area contributed by atoms with Gasteiger partial charge in [-0.15, -0.1) is 11.3 Å². The fourth-order valence-electron chi connectivity index (χ4n) is 6.13. The molecule has 5 aromatic rings. The molecule has 1 heterocycles. The molecule has 1 unspecified atom stereocenters. The fraction of sp³-hybridized carbons (Fsp3) is 0.283. The van der Waals surface area contributed by atoms with Crippen molar-refractivity contribution in [3.63, 3.8) is 0 Å². The van der Waals surface area contributed by atoms with Gasteiger partial charge < -0.3 is 48.5 Å². The topological polar surface area (TPSA) is 298 Å². The number of sulfonamides is 1. The highest BCUT2D eigenvalue weighted by Crippen LogP contribution is 2.43. The van der Waals surface area contributed by atoms with E-state index in [9.17, 15) is 51.0 Å². The number of carbonyl (C=O) groups excluding carboxylic acids is 6. The van der Waals surface area contributed by atoms with Crippen LogP contribution in [0.1, 0.15) is 79.7 Å². The Morgan fingerprint density at radius 3 is 1.63 bits per heavy atom. The third-order valence-electron chi connectivity index (χ3n) is 9.24. The number of hydrogen-bond acceptors (Lipinski definition) is 18. The molecule has 0 radical (unpaired) electrons. The van der Waals surface area contributed by atoms with Crippen molar-refractivity contribution >= 4 is 74.7 Å². The summed E-state index contributed by atoms with van der Waals surface area (Å²) >= 11 is 0.822. The van der Waals surface area contributed by atoms with Crippen molar-refractivity contribution in [1.82, 2.24) is 15.4 Å². The number of carbonyl (C=O) groups is 6. The molecule has 25 heteroatoms. The SMILES string of the molecule is CC(=O)Oc1ccc(C(=O)NCCCCOc2cc3cc(S(=O)(=O)NCP(=O)(O)Oc4ccc(C#N)c(F)c4)sc3cc2OCCCCNC(=O)c2ccc(OC(C)=O)c(OC(C)=O)c2)cc1OC(C)=O. The second-order valence-corrected chi connectivity index (χ2v) is 19.9. The highest BCUT2D eigenvalue weighted by atomic mass is 32.2. The molecule has 0 aliphatic heterocycles. The molecule has 4 aromatic carbocycles. The molecule has 0 fully saturated rings. The lowest BCUT2D eigenvalue weighted by molar-refractivity contribution is -0.134. The van der Waals surface area contributed by atoms with E-state index >= 15 is 0 Å². The molecule has 4 N–H and O–H groups in total. The van der Waals surface area contributed by atoms with E-state index in [2.05, 4.69) is 10.6 Å². The van der Waals surface area contributed by atoms with Crippen molar-refractivity contribution in [3.8, 4) is 46.3 Å². The standard InChI is InChI=1S/C46H46FN4O17PS2/c1-27(52)64-37-13-10-31(19-41(37)66-29(3)54)45(56)49-15-5-7-17-62-39-21-34-22-44(71(60,61)51-26-69(58,59)68-35-12-9-33(25-48)36(47)23-35)70-43(34)24-40(39)63-18-8-6-16-50-46(57)32-11-14-38(65-28(2)53)42(20-32)67-30(4)55/h9-14,19-24,51H,5-8,15-18,26H2,1-4H3,(H,49,56)(H,50,57)(H,58,59). The van der Waals surface area contributed by atoms with Crippen LogP contribution in [-0.2, 0) is 33.8 Å². The zero-order valence-electron chi connectivity index (χ0n) is 38.4. The van der Waals surface area contributed by atoms with Gasteiger partial charge in [0, 0.05) is 68.7 Å². The van der Waals surface area contributed by atoms with Crippen molar-refractivity contribution in [2.75, 3.05) is 32.6 Å². The Labute approximate surface area is 409 Å². The molecule has 1 atom stereocenters. The Bertz CT molecular complexity index is 2910. The first-order valence-corrected chi connectivity index (χ1v) is 25.3. The molecule has 1 aromatic heterocycles. The van der Waals surface area contributed by atoms with Crippen LogP contribution in [0.2, 0.25) is 0 Å². The van der Waals surface area contributed by atoms with Gasteiger partial charge in [0.05, 0.1) is 18.8 Å². The number of nitrogens with zero attached hydrogens (tertiary/aromatic N) is 1. The predicted molar refractivity (Wildman–Crippen MR) is 251 cm³/mol. The smallest absolute Gasteiger partial charge is 0.391 e. The lowest BCUT2D eigenvalue weighted by Gasteiger charge is -2.14. The average molecular weight is 1040 g/mol. The summed E-state index contributed by atoms with van der Waals surface area (Å²) in [5.74, 6) is -4.89. The molecule has 0 spiro atoms. The lowest BCUT2D eigenvalue weighted by Crippen LogP contribution is -2.25. The van der Waals surface area contributed by atoms with Gasteiger partial charge in [-0.25, -0.2) is 17.4 Å². The first-order valence-electron chi connectivity index (χ1n) is 21.2. The van der Waals surface area contributed by atoms with E-state index in [-0.39, 0.29) is 81.7 Å². The molecule has 0 saturated heterocycles. The van der Waals surface area contributed by atoms with Crippen LogP contribution in [-0.4, -0.2) is 81.6 Å². The number of thiophene rings is 1. The van der Waals surface area contributed by atoms with Gasteiger partial charge in [-0.05, 0) is 91.7 Å². The van der Waals surface area contributed by atoms with E-state index < -0.39 is 71.2 Å².